The van der Waals surface area contributed by atoms with Crippen molar-refractivity contribution in [1.29, 1.82) is 0 Å². The zero-order valence-electron chi connectivity index (χ0n) is 14.1. The number of piperidine rings is 1. The lowest BCUT2D eigenvalue weighted by Crippen LogP contribution is -2.27. The maximum Gasteiger partial charge on any atom is 0.345 e. The number of benzene rings is 1. The van der Waals surface area contributed by atoms with E-state index >= 15 is 0 Å². The van der Waals surface area contributed by atoms with Gasteiger partial charge in [0.2, 0.25) is 0 Å². The number of aromatic amines is 1. The zero-order valence-corrected chi connectivity index (χ0v) is 14.9. The van der Waals surface area contributed by atoms with Crippen LogP contribution in [-0.2, 0) is 0 Å². The van der Waals surface area contributed by atoms with Crippen molar-refractivity contribution in [2.45, 2.75) is 13.0 Å². The molecule has 2 aliphatic rings. The van der Waals surface area contributed by atoms with Gasteiger partial charge in [-0.05, 0) is 36.5 Å². The summed E-state index contributed by atoms with van der Waals surface area (Å²) in [6.45, 7) is 3.51. The van der Waals surface area contributed by atoms with Gasteiger partial charge in [0.15, 0.2) is 5.56 Å². The van der Waals surface area contributed by atoms with Crippen LogP contribution >= 0.6 is 12.4 Å². The number of carbonyl (C=O) groups is 1. The van der Waals surface area contributed by atoms with Crippen LogP contribution < -0.4 is 16.2 Å². The number of aromatic carboxylic acids is 1. The predicted molar refractivity (Wildman–Crippen MR) is 100 cm³/mol. The van der Waals surface area contributed by atoms with Crippen molar-refractivity contribution >= 4 is 24.1 Å². The third kappa shape index (κ3) is 2.73. The van der Waals surface area contributed by atoms with Gasteiger partial charge in [0.1, 0.15) is 5.75 Å². The summed E-state index contributed by atoms with van der Waals surface area (Å²) >= 11 is 0. The molecule has 138 valence electrons. The van der Waals surface area contributed by atoms with E-state index in [1.54, 1.807) is 6.92 Å². The summed E-state index contributed by atoms with van der Waals surface area (Å²) in [5, 5.41) is 19.1. The highest BCUT2D eigenvalue weighted by Crippen LogP contribution is 2.45. The first-order valence-corrected chi connectivity index (χ1v) is 8.18. The Kier molecular flexibility index (Phi) is 4.46. The molecule has 2 aromatic rings. The average Bonchev–Trinajstić information content (AvgIpc) is 2.98. The van der Waals surface area contributed by atoms with Crippen LogP contribution in [0.1, 0.15) is 15.9 Å². The normalized spacial score (nSPS) is 23.3. The van der Waals surface area contributed by atoms with Crippen LogP contribution in [0.25, 0.3) is 11.3 Å². The number of pyridine rings is 1. The van der Waals surface area contributed by atoms with Gasteiger partial charge in [-0.2, -0.15) is 0 Å². The number of hydrogen-bond acceptors (Lipinski definition) is 5. The van der Waals surface area contributed by atoms with E-state index in [9.17, 15) is 14.7 Å². The fourth-order valence-corrected chi connectivity index (χ4v) is 3.79. The number of aromatic nitrogens is 1. The van der Waals surface area contributed by atoms with Crippen LogP contribution in [0.3, 0.4) is 0 Å². The van der Waals surface area contributed by atoms with Gasteiger partial charge < -0.3 is 25.8 Å². The number of H-pyrrole nitrogens is 1. The molecular formula is C18H20ClN3O4. The molecule has 5 N–H and O–H groups in total. The van der Waals surface area contributed by atoms with Gasteiger partial charge in [0.05, 0.1) is 5.69 Å². The summed E-state index contributed by atoms with van der Waals surface area (Å²) in [5.41, 5.74) is 7.07. The molecule has 0 amide bonds. The highest BCUT2D eigenvalue weighted by atomic mass is 35.5. The Morgan fingerprint density at radius 2 is 1.81 bits per heavy atom. The molecule has 1 aromatic carbocycles. The molecule has 1 saturated heterocycles. The Morgan fingerprint density at radius 1 is 1.23 bits per heavy atom. The second-order valence-electron chi connectivity index (χ2n) is 6.84. The Labute approximate surface area is 155 Å². The SMILES string of the molecule is Cc1c(-c2ccc(N3C[C@@H]4C(N)[C@@H]4C3)cc2)[nH]c(=O)c(C(=O)O)c1O.Cl. The van der Waals surface area contributed by atoms with Crippen molar-refractivity contribution in [2.75, 3.05) is 18.0 Å². The van der Waals surface area contributed by atoms with Crippen LogP contribution in [0, 0.1) is 18.8 Å². The lowest BCUT2D eigenvalue weighted by atomic mass is 10.0. The topological polar surface area (TPSA) is 120 Å². The molecule has 8 heteroatoms. The van der Waals surface area contributed by atoms with Gasteiger partial charge in [-0.3, -0.25) is 4.79 Å². The van der Waals surface area contributed by atoms with Crippen LogP contribution in [0.5, 0.6) is 5.75 Å². The van der Waals surface area contributed by atoms with Crippen molar-refractivity contribution in [1.82, 2.24) is 4.98 Å². The number of fused-ring (bicyclic) bond motifs is 1. The minimum Gasteiger partial charge on any atom is -0.506 e. The first kappa shape index (κ1) is 18.3. The summed E-state index contributed by atoms with van der Waals surface area (Å²) in [7, 11) is 0. The van der Waals surface area contributed by atoms with Gasteiger partial charge in [0.25, 0.3) is 5.56 Å². The van der Waals surface area contributed by atoms with E-state index in [0.717, 1.165) is 18.8 Å². The number of nitrogens with two attached hydrogens (primary N) is 1. The van der Waals surface area contributed by atoms with Gasteiger partial charge >= 0.3 is 5.97 Å². The van der Waals surface area contributed by atoms with E-state index in [4.69, 9.17) is 10.8 Å². The quantitative estimate of drug-likeness (QED) is 0.644. The van der Waals surface area contributed by atoms with Gasteiger partial charge in [-0.1, -0.05) is 12.1 Å². The molecule has 1 aliphatic carbocycles. The number of nitrogens with zero attached hydrogens (tertiary/aromatic N) is 1. The maximum absolute atomic E-state index is 12.0. The van der Waals surface area contributed by atoms with Crippen molar-refractivity contribution in [3.63, 3.8) is 0 Å². The molecule has 7 nitrogen and oxygen atoms in total. The van der Waals surface area contributed by atoms with E-state index in [1.165, 1.54) is 0 Å². The highest BCUT2D eigenvalue weighted by Gasteiger charge is 2.53. The van der Waals surface area contributed by atoms with Crippen molar-refractivity contribution in [3.8, 4) is 17.0 Å². The van der Waals surface area contributed by atoms with Crippen LogP contribution in [-0.4, -0.2) is 40.3 Å². The monoisotopic (exact) mass is 377 g/mol. The number of aromatic hydroxyl groups is 1. The zero-order chi connectivity index (χ0) is 17.9. The molecule has 2 fully saturated rings. The van der Waals surface area contributed by atoms with E-state index < -0.39 is 22.8 Å². The lowest BCUT2D eigenvalue weighted by molar-refractivity contribution is 0.0691. The number of carboxylic acid groups (broad SMARTS) is 1. The van der Waals surface area contributed by atoms with E-state index in [1.807, 2.05) is 24.3 Å². The molecule has 1 aliphatic heterocycles. The molecule has 3 atom stereocenters. The smallest absolute Gasteiger partial charge is 0.345 e. The minimum atomic E-state index is -1.45. The molecule has 1 unspecified atom stereocenters. The maximum atomic E-state index is 12.0. The molecule has 26 heavy (non-hydrogen) atoms. The Bertz CT molecular complexity index is 913. The number of nitrogens with one attached hydrogen (secondary N) is 1. The molecular weight excluding hydrogens is 358 g/mol. The number of carboxylic acids is 1. The molecule has 4 rings (SSSR count). The lowest BCUT2D eigenvalue weighted by Gasteiger charge is -2.21. The van der Waals surface area contributed by atoms with Crippen molar-refractivity contribution in [2.24, 2.45) is 17.6 Å². The summed E-state index contributed by atoms with van der Waals surface area (Å²) in [6, 6.07) is 7.99. The van der Waals surface area contributed by atoms with Crippen LogP contribution in [0.15, 0.2) is 29.1 Å². The highest BCUT2D eigenvalue weighted by molar-refractivity contribution is 5.91. The number of anilines is 1. The Hall–Kier alpha value is -2.51. The molecule has 2 heterocycles. The largest absolute Gasteiger partial charge is 0.506 e. The molecule has 0 radical (unpaired) electrons. The first-order valence-electron chi connectivity index (χ1n) is 8.18. The second kappa shape index (κ2) is 6.34. The minimum absolute atomic E-state index is 0. The molecule has 1 saturated carbocycles. The summed E-state index contributed by atoms with van der Waals surface area (Å²) < 4.78 is 0. The van der Waals surface area contributed by atoms with Gasteiger partial charge in [-0.25, -0.2) is 4.79 Å². The molecule has 0 bridgehead atoms. The van der Waals surface area contributed by atoms with Crippen LogP contribution in [0.4, 0.5) is 5.69 Å². The van der Waals surface area contributed by atoms with Crippen molar-refractivity contribution in [3.05, 3.63) is 45.7 Å². The van der Waals surface area contributed by atoms with E-state index in [2.05, 4.69) is 9.88 Å². The Balaban J connectivity index is 0.00000196. The fraction of sp³-hybridized carbons (Fsp3) is 0.333. The standard InChI is InChI=1S/C18H19N3O4.ClH/c1-8-15(20-17(23)13(16(8)22)18(24)25)9-2-4-10(5-3-9)21-6-11-12(7-21)14(11)19;/h2-5,11-12,14H,6-7,19H2,1H3,(H,24,25)(H2,20,22,23);1H/t11-,12+,14?;. The second-order valence-corrected chi connectivity index (χ2v) is 6.84. The number of hydrogen-bond donors (Lipinski definition) is 4. The fourth-order valence-electron chi connectivity index (χ4n) is 3.79. The number of halogens is 1. The van der Waals surface area contributed by atoms with Crippen LogP contribution in [0.2, 0.25) is 0 Å². The summed E-state index contributed by atoms with van der Waals surface area (Å²) in [4.78, 5) is 27.9. The molecule has 0 spiro atoms. The Morgan fingerprint density at radius 3 is 2.35 bits per heavy atom. The van der Waals surface area contributed by atoms with E-state index in [-0.39, 0.29) is 12.4 Å². The van der Waals surface area contributed by atoms with Gasteiger partial charge in [-0.15, -0.1) is 12.4 Å². The van der Waals surface area contributed by atoms with E-state index in [0.29, 0.717) is 34.7 Å². The van der Waals surface area contributed by atoms with Crippen molar-refractivity contribution < 1.29 is 15.0 Å². The average molecular weight is 378 g/mol. The third-order valence-electron chi connectivity index (χ3n) is 5.43. The summed E-state index contributed by atoms with van der Waals surface area (Å²) in [6.07, 6.45) is 0. The summed E-state index contributed by atoms with van der Waals surface area (Å²) in [5.74, 6) is -0.754. The molecule has 1 aromatic heterocycles. The predicted octanol–water partition coefficient (Wildman–Crippen LogP) is 1.57. The number of rotatable bonds is 3. The third-order valence-corrected chi connectivity index (χ3v) is 5.43. The van der Waals surface area contributed by atoms with Gasteiger partial charge in [0, 0.05) is 30.4 Å². The first-order chi connectivity index (χ1) is 11.9.